The van der Waals surface area contributed by atoms with Gasteiger partial charge in [-0.25, -0.2) is 4.79 Å². The quantitative estimate of drug-likeness (QED) is 0.744. The Labute approximate surface area is 81.0 Å². The van der Waals surface area contributed by atoms with E-state index in [2.05, 4.69) is 4.98 Å². The van der Waals surface area contributed by atoms with Crippen LogP contribution in [-0.2, 0) is 0 Å². The summed E-state index contributed by atoms with van der Waals surface area (Å²) in [7, 11) is 0. The van der Waals surface area contributed by atoms with Crippen LogP contribution in [0.5, 0.6) is 0 Å². The third-order valence-electron chi connectivity index (χ3n) is 2.22. The molecule has 0 spiro atoms. The number of aryl methyl sites for hydroxylation is 1. The molecule has 2 aromatic rings. The number of carboxylic acid groups (broad SMARTS) is 1. The lowest BCUT2D eigenvalue weighted by Crippen LogP contribution is -1.99. The predicted molar refractivity (Wildman–Crippen MR) is 53.4 cm³/mol. The van der Waals surface area contributed by atoms with Gasteiger partial charge in [-0.2, -0.15) is 0 Å². The van der Waals surface area contributed by atoms with Crippen molar-refractivity contribution >= 4 is 16.9 Å². The first kappa shape index (κ1) is 8.69. The van der Waals surface area contributed by atoms with Crippen molar-refractivity contribution in [1.82, 2.24) is 4.98 Å². The number of aromatic nitrogens is 1. The van der Waals surface area contributed by atoms with E-state index in [-0.39, 0.29) is 5.56 Å². The van der Waals surface area contributed by atoms with Crippen LogP contribution in [0.3, 0.4) is 0 Å². The normalized spacial score (nSPS) is 10.4. The summed E-state index contributed by atoms with van der Waals surface area (Å²) in [6.45, 7) is 1.94. The average molecular weight is 187 g/mol. The Balaban J connectivity index is 2.88. The fourth-order valence-corrected chi connectivity index (χ4v) is 1.49. The molecule has 14 heavy (non-hydrogen) atoms. The molecule has 2 rings (SSSR count). The zero-order valence-electron chi connectivity index (χ0n) is 7.69. The molecule has 70 valence electrons. The smallest absolute Gasteiger partial charge is 0.337 e. The molecule has 0 aliphatic heterocycles. The van der Waals surface area contributed by atoms with Gasteiger partial charge in [-0.1, -0.05) is 12.1 Å². The van der Waals surface area contributed by atoms with Crippen LogP contribution in [-0.4, -0.2) is 16.1 Å². The molecule has 0 fully saturated rings. The van der Waals surface area contributed by atoms with Crippen LogP contribution < -0.4 is 0 Å². The maximum absolute atomic E-state index is 10.9. The van der Waals surface area contributed by atoms with E-state index >= 15 is 0 Å². The lowest BCUT2D eigenvalue weighted by molar-refractivity contribution is 0.0699. The number of pyridine rings is 1. The van der Waals surface area contributed by atoms with Gasteiger partial charge in [0.05, 0.1) is 11.1 Å². The van der Waals surface area contributed by atoms with Gasteiger partial charge in [0.1, 0.15) is 0 Å². The molecule has 0 unspecified atom stereocenters. The molecule has 3 heteroatoms. The first-order chi connectivity index (χ1) is 6.70. The summed E-state index contributed by atoms with van der Waals surface area (Å²) in [6.07, 6.45) is 1.61. The Morgan fingerprint density at radius 2 is 2.14 bits per heavy atom. The van der Waals surface area contributed by atoms with Gasteiger partial charge in [0, 0.05) is 11.6 Å². The second kappa shape index (κ2) is 3.10. The first-order valence-corrected chi connectivity index (χ1v) is 4.28. The molecular weight excluding hydrogens is 178 g/mol. The van der Waals surface area contributed by atoms with Crippen molar-refractivity contribution in [2.24, 2.45) is 0 Å². The van der Waals surface area contributed by atoms with Gasteiger partial charge in [-0.15, -0.1) is 0 Å². The van der Waals surface area contributed by atoms with Crippen molar-refractivity contribution in [2.75, 3.05) is 0 Å². The summed E-state index contributed by atoms with van der Waals surface area (Å²) < 4.78 is 0. The van der Waals surface area contributed by atoms with E-state index in [0.29, 0.717) is 5.52 Å². The highest BCUT2D eigenvalue weighted by Crippen LogP contribution is 2.19. The fraction of sp³-hybridized carbons (Fsp3) is 0.0909. The van der Waals surface area contributed by atoms with Crippen LogP contribution in [0, 0.1) is 6.92 Å². The molecule has 0 saturated heterocycles. The van der Waals surface area contributed by atoms with Crippen LogP contribution in [0.25, 0.3) is 10.9 Å². The van der Waals surface area contributed by atoms with Crippen LogP contribution in [0.15, 0.2) is 30.5 Å². The minimum atomic E-state index is -0.936. The van der Waals surface area contributed by atoms with Gasteiger partial charge >= 0.3 is 5.97 Å². The number of rotatable bonds is 1. The van der Waals surface area contributed by atoms with Crippen molar-refractivity contribution < 1.29 is 9.90 Å². The molecule has 0 bridgehead atoms. The zero-order chi connectivity index (χ0) is 10.1. The number of hydrogen-bond acceptors (Lipinski definition) is 2. The van der Waals surface area contributed by atoms with Gasteiger partial charge in [0.15, 0.2) is 0 Å². The van der Waals surface area contributed by atoms with Crippen LogP contribution in [0.4, 0.5) is 0 Å². The van der Waals surface area contributed by atoms with Gasteiger partial charge in [0.25, 0.3) is 0 Å². The number of hydrogen-bond donors (Lipinski definition) is 1. The topological polar surface area (TPSA) is 50.2 Å². The minimum Gasteiger partial charge on any atom is -0.478 e. The second-order valence-corrected chi connectivity index (χ2v) is 3.13. The zero-order valence-corrected chi connectivity index (χ0v) is 7.69. The molecule has 0 amide bonds. The summed E-state index contributed by atoms with van der Waals surface area (Å²) >= 11 is 0. The van der Waals surface area contributed by atoms with Gasteiger partial charge in [0.2, 0.25) is 0 Å². The van der Waals surface area contributed by atoms with E-state index in [4.69, 9.17) is 5.11 Å². The van der Waals surface area contributed by atoms with Crippen molar-refractivity contribution in [3.05, 3.63) is 41.6 Å². The Hall–Kier alpha value is -1.90. The molecular formula is C11H9NO2. The van der Waals surface area contributed by atoms with E-state index in [0.717, 1.165) is 10.9 Å². The Morgan fingerprint density at radius 1 is 1.36 bits per heavy atom. The van der Waals surface area contributed by atoms with E-state index in [9.17, 15) is 4.79 Å². The number of fused-ring (bicyclic) bond motifs is 1. The molecule has 1 aromatic carbocycles. The van der Waals surface area contributed by atoms with Crippen LogP contribution in [0.2, 0.25) is 0 Å². The molecule has 0 radical (unpaired) electrons. The number of aromatic carboxylic acids is 1. The molecule has 0 atom stereocenters. The van der Waals surface area contributed by atoms with Gasteiger partial charge in [-0.3, -0.25) is 4.98 Å². The van der Waals surface area contributed by atoms with Crippen molar-refractivity contribution in [1.29, 1.82) is 0 Å². The molecule has 0 saturated carbocycles. The lowest BCUT2D eigenvalue weighted by atomic mass is 10.1. The fourth-order valence-electron chi connectivity index (χ4n) is 1.49. The monoisotopic (exact) mass is 187 g/mol. The third kappa shape index (κ3) is 1.23. The van der Waals surface area contributed by atoms with E-state index < -0.39 is 5.97 Å². The number of benzene rings is 1. The molecule has 0 aliphatic rings. The Kier molecular flexibility index (Phi) is 1.93. The van der Waals surface area contributed by atoms with Crippen LogP contribution >= 0.6 is 0 Å². The average Bonchev–Trinajstić information content (AvgIpc) is 2.18. The standard InChI is InChI=1S/C11H9NO2/c1-7-4-5-9(11(13)14)10-8(7)3-2-6-12-10/h2-6H,1H3,(H,13,14). The Morgan fingerprint density at radius 3 is 2.86 bits per heavy atom. The summed E-state index contributed by atoms with van der Waals surface area (Å²) in [5.41, 5.74) is 1.85. The molecule has 1 heterocycles. The van der Waals surface area contributed by atoms with E-state index in [1.54, 1.807) is 24.4 Å². The number of carboxylic acids is 1. The van der Waals surface area contributed by atoms with E-state index in [1.165, 1.54) is 0 Å². The minimum absolute atomic E-state index is 0.256. The van der Waals surface area contributed by atoms with Crippen molar-refractivity contribution in [2.45, 2.75) is 6.92 Å². The predicted octanol–water partition coefficient (Wildman–Crippen LogP) is 2.24. The molecule has 1 N–H and O–H groups in total. The van der Waals surface area contributed by atoms with Crippen molar-refractivity contribution in [3.63, 3.8) is 0 Å². The molecule has 1 aromatic heterocycles. The maximum Gasteiger partial charge on any atom is 0.337 e. The summed E-state index contributed by atoms with van der Waals surface area (Å²) in [5, 5.41) is 9.83. The first-order valence-electron chi connectivity index (χ1n) is 4.28. The summed E-state index contributed by atoms with van der Waals surface area (Å²) in [6, 6.07) is 7.07. The highest BCUT2D eigenvalue weighted by molar-refractivity contribution is 6.02. The van der Waals surface area contributed by atoms with E-state index in [1.807, 2.05) is 13.0 Å². The summed E-state index contributed by atoms with van der Waals surface area (Å²) in [5.74, 6) is -0.936. The van der Waals surface area contributed by atoms with Gasteiger partial charge in [-0.05, 0) is 24.6 Å². The second-order valence-electron chi connectivity index (χ2n) is 3.13. The third-order valence-corrected chi connectivity index (χ3v) is 2.22. The lowest BCUT2D eigenvalue weighted by Gasteiger charge is -2.03. The number of carbonyl (C=O) groups is 1. The molecule has 3 nitrogen and oxygen atoms in total. The SMILES string of the molecule is Cc1ccc(C(=O)O)c2ncccc12. The highest BCUT2D eigenvalue weighted by Gasteiger charge is 2.09. The van der Waals surface area contributed by atoms with Crippen molar-refractivity contribution in [3.8, 4) is 0 Å². The van der Waals surface area contributed by atoms with Crippen LogP contribution in [0.1, 0.15) is 15.9 Å². The Bertz CT molecular complexity index is 506. The maximum atomic E-state index is 10.9. The molecule has 0 aliphatic carbocycles. The summed E-state index contributed by atoms with van der Waals surface area (Å²) in [4.78, 5) is 15.0. The largest absolute Gasteiger partial charge is 0.478 e. The highest BCUT2D eigenvalue weighted by atomic mass is 16.4. The number of nitrogens with zero attached hydrogens (tertiary/aromatic N) is 1. The van der Waals surface area contributed by atoms with Gasteiger partial charge < -0.3 is 5.11 Å².